The highest BCUT2D eigenvalue weighted by Gasteiger charge is 2.31. The molecule has 0 aliphatic carbocycles. The molecule has 4 unspecified atom stereocenters. The molecule has 47 heavy (non-hydrogen) atoms. The number of hydrogen-bond donors (Lipinski definition) is 8. The summed E-state index contributed by atoms with van der Waals surface area (Å²) in [6, 6.07) is 17.6. The molecule has 0 bridgehead atoms. The molecule has 10 N–H and O–H groups in total. The average molecular weight is 643 g/mol. The number of para-hydroxylation sites is 1. The van der Waals surface area contributed by atoms with Crippen molar-refractivity contribution < 1.29 is 34.2 Å². The number of phenols is 1. The third kappa shape index (κ3) is 9.90. The number of nitrogens with one attached hydrogen (secondary N) is 4. The molecule has 1 aromatic heterocycles. The maximum Gasteiger partial charge on any atom is 0.326 e. The van der Waals surface area contributed by atoms with E-state index >= 15 is 0 Å². The number of phenolic OH excluding ortho intramolecular Hbond substituents is 1. The number of hydrogen-bond acceptors (Lipinski definition) is 7. The molecule has 4 rings (SSSR count). The Kier molecular flexibility index (Phi) is 11.7. The normalized spacial score (nSPS) is 13.6. The standard InChI is InChI=1S/C34H38N6O7/c35-25(18-22-19-37-26-9-5-4-8-24(22)26)31(43)39-28(16-20-6-2-1-3-7-20)33(45)40-29(17-21-10-12-23(41)13-11-21)32(44)38-27(34(46)47)14-15-30(36)42/h1-13,19,25,27-29,37,41H,14-18,35H2,(H2,36,42)(H,38,44)(H,39,43)(H,40,45)(H,46,47). The van der Waals surface area contributed by atoms with Crippen molar-refractivity contribution in [3.63, 3.8) is 0 Å². The largest absolute Gasteiger partial charge is 0.508 e. The van der Waals surface area contributed by atoms with Crippen LogP contribution in [0.25, 0.3) is 10.9 Å². The minimum absolute atomic E-state index is 0.00853. The van der Waals surface area contributed by atoms with E-state index in [1.165, 1.54) is 12.1 Å². The van der Waals surface area contributed by atoms with Crippen LogP contribution < -0.4 is 27.4 Å². The number of primary amides is 1. The first-order valence-electron chi connectivity index (χ1n) is 15.0. The number of aliphatic carboxylic acids is 1. The monoisotopic (exact) mass is 642 g/mol. The quantitative estimate of drug-likeness (QED) is 0.0878. The Hall–Kier alpha value is -5.69. The Morgan fingerprint density at radius 2 is 1.26 bits per heavy atom. The summed E-state index contributed by atoms with van der Waals surface area (Å²) in [6.45, 7) is 0. The first kappa shape index (κ1) is 34.2. The first-order valence-corrected chi connectivity index (χ1v) is 15.0. The molecule has 4 aromatic rings. The van der Waals surface area contributed by atoms with Crippen molar-refractivity contribution in [3.8, 4) is 5.75 Å². The molecule has 0 radical (unpaired) electrons. The molecule has 13 nitrogen and oxygen atoms in total. The van der Waals surface area contributed by atoms with Gasteiger partial charge in [0.1, 0.15) is 23.9 Å². The highest BCUT2D eigenvalue weighted by molar-refractivity contribution is 5.95. The fourth-order valence-electron chi connectivity index (χ4n) is 5.13. The Morgan fingerprint density at radius 1 is 0.702 bits per heavy atom. The van der Waals surface area contributed by atoms with Gasteiger partial charge >= 0.3 is 5.97 Å². The van der Waals surface area contributed by atoms with Gasteiger partial charge in [0.15, 0.2) is 0 Å². The molecule has 0 spiro atoms. The molecular formula is C34H38N6O7. The Labute approximate surface area is 270 Å². The van der Waals surface area contributed by atoms with Crippen LogP contribution in [0.4, 0.5) is 0 Å². The lowest BCUT2D eigenvalue weighted by Gasteiger charge is -2.25. The van der Waals surface area contributed by atoms with E-state index in [2.05, 4.69) is 20.9 Å². The number of benzene rings is 3. The number of aromatic amines is 1. The van der Waals surface area contributed by atoms with Gasteiger partial charge in [-0.1, -0.05) is 60.7 Å². The van der Waals surface area contributed by atoms with Gasteiger partial charge in [0.05, 0.1) is 6.04 Å². The molecule has 4 atom stereocenters. The maximum absolute atomic E-state index is 13.8. The van der Waals surface area contributed by atoms with E-state index in [1.807, 2.05) is 30.3 Å². The van der Waals surface area contributed by atoms with Crippen molar-refractivity contribution >= 4 is 40.5 Å². The summed E-state index contributed by atoms with van der Waals surface area (Å²) in [4.78, 5) is 66.9. The lowest BCUT2D eigenvalue weighted by Crippen LogP contribution is -2.58. The highest BCUT2D eigenvalue weighted by Crippen LogP contribution is 2.19. The van der Waals surface area contributed by atoms with Crippen LogP contribution in [0, 0.1) is 0 Å². The molecule has 246 valence electrons. The van der Waals surface area contributed by atoms with Crippen molar-refractivity contribution in [3.05, 3.63) is 102 Å². The van der Waals surface area contributed by atoms with Gasteiger partial charge < -0.3 is 42.6 Å². The Bertz CT molecular complexity index is 1710. The van der Waals surface area contributed by atoms with Gasteiger partial charge in [-0.3, -0.25) is 19.2 Å². The molecule has 0 aliphatic heterocycles. The number of carbonyl (C=O) groups excluding carboxylic acids is 4. The number of amides is 4. The molecule has 0 saturated carbocycles. The molecule has 3 aromatic carbocycles. The topological polar surface area (TPSA) is 230 Å². The van der Waals surface area contributed by atoms with Gasteiger partial charge in [0, 0.05) is 36.4 Å². The Balaban J connectivity index is 1.54. The number of aromatic nitrogens is 1. The Morgan fingerprint density at radius 3 is 1.87 bits per heavy atom. The summed E-state index contributed by atoms with van der Waals surface area (Å²) in [5.74, 6) is -4.24. The molecule has 1 heterocycles. The van der Waals surface area contributed by atoms with Crippen LogP contribution in [0.3, 0.4) is 0 Å². The second kappa shape index (κ2) is 16.0. The number of carboxylic acids is 1. The number of nitrogens with two attached hydrogens (primary N) is 2. The predicted octanol–water partition coefficient (Wildman–Crippen LogP) is 1.03. The summed E-state index contributed by atoms with van der Waals surface area (Å²) in [5.41, 5.74) is 14.5. The number of aromatic hydroxyl groups is 1. The van der Waals surface area contributed by atoms with Crippen LogP contribution >= 0.6 is 0 Å². The third-order valence-corrected chi connectivity index (χ3v) is 7.67. The molecule has 0 aliphatic rings. The fraction of sp³-hybridized carbons (Fsp3) is 0.265. The zero-order chi connectivity index (χ0) is 33.9. The summed E-state index contributed by atoms with van der Waals surface area (Å²) in [6.07, 6.45) is 1.44. The second-order valence-corrected chi connectivity index (χ2v) is 11.3. The van der Waals surface area contributed by atoms with E-state index in [0.717, 1.165) is 22.0 Å². The first-order chi connectivity index (χ1) is 22.5. The lowest BCUT2D eigenvalue weighted by molar-refractivity contribution is -0.142. The molecule has 13 heteroatoms. The zero-order valence-corrected chi connectivity index (χ0v) is 25.5. The number of carbonyl (C=O) groups is 5. The van der Waals surface area contributed by atoms with Gasteiger partial charge in [-0.25, -0.2) is 4.79 Å². The van der Waals surface area contributed by atoms with Crippen LogP contribution in [0.5, 0.6) is 5.75 Å². The van der Waals surface area contributed by atoms with E-state index in [9.17, 15) is 34.2 Å². The van der Waals surface area contributed by atoms with Crippen molar-refractivity contribution in [2.45, 2.75) is 56.3 Å². The third-order valence-electron chi connectivity index (χ3n) is 7.67. The van der Waals surface area contributed by atoms with E-state index in [0.29, 0.717) is 5.56 Å². The number of carboxylic acid groups (broad SMARTS) is 1. The fourth-order valence-corrected chi connectivity index (χ4v) is 5.13. The maximum atomic E-state index is 13.8. The van der Waals surface area contributed by atoms with Crippen LogP contribution in [-0.2, 0) is 43.2 Å². The van der Waals surface area contributed by atoms with Crippen LogP contribution in [-0.4, -0.2) is 69.0 Å². The van der Waals surface area contributed by atoms with Crippen LogP contribution in [0.1, 0.15) is 29.5 Å². The van der Waals surface area contributed by atoms with E-state index in [4.69, 9.17) is 11.5 Å². The SMILES string of the molecule is NC(=O)CCC(NC(=O)C(Cc1ccc(O)cc1)NC(=O)C(Cc1ccccc1)NC(=O)C(N)Cc1c[nH]c2ccccc12)C(=O)O. The zero-order valence-electron chi connectivity index (χ0n) is 25.5. The summed E-state index contributed by atoms with van der Waals surface area (Å²) in [5, 5.41) is 28.0. The number of H-pyrrole nitrogens is 1. The van der Waals surface area contributed by atoms with Crippen molar-refractivity contribution in [2.24, 2.45) is 11.5 Å². The van der Waals surface area contributed by atoms with Crippen molar-refractivity contribution in [1.29, 1.82) is 0 Å². The number of rotatable bonds is 16. The van der Waals surface area contributed by atoms with Crippen molar-refractivity contribution in [1.82, 2.24) is 20.9 Å². The second-order valence-electron chi connectivity index (χ2n) is 11.3. The summed E-state index contributed by atoms with van der Waals surface area (Å²) < 4.78 is 0. The minimum atomic E-state index is -1.45. The van der Waals surface area contributed by atoms with E-state index in [-0.39, 0.29) is 37.9 Å². The van der Waals surface area contributed by atoms with Gasteiger partial charge in [0.25, 0.3) is 0 Å². The molecule has 4 amide bonds. The number of fused-ring (bicyclic) bond motifs is 1. The summed E-state index contributed by atoms with van der Waals surface area (Å²) >= 11 is 0. The lowest BCUT2D eigenvalue weighted by atomic mass is 10.0. The molecule has 0 saturated heterocycles. The van der Waals surface area contributed by atoms with Crippen molar-refractivity contribution in [2.75, 3.05) is 0 Å². The van der Waals surface area contributed by atoms with Gasteiger partial charge in [0.2, 0.25) is 23.6 Å². The summed E-state index contributed by atoms with van der Waals surface area (Å²) in [7, 11) is 0. The molecule has 0 fully saturated rings. The minimum Gasteiger partial charge on any atom is -0.508 e. The molecular weight excluding hydrogens is 604 g/mol. The highest BCUT2D eigenvalue weighted by atomic mass is 16.4. The average Bonchev–Trinajstić information content (AvgIpc) is 3.45. The van der Waals surface area contributed by atoms with Crippen LogP contribution in [0.15, 0.2) is 85.1 Å². The smallest absolute Gasteiger partial charge is 0.326 e. The van der Waals surface area contributed by atoms with Crippen LogP contribution in [0.2, 0.25) is 0 Å². The van der Waals surface area contributed by atoms with E-state index < -0.39 is 53.8 Å². The van der Waals surface area contributed by atoms with Gasteiger partial charge in [-0.05, 0) is 47.7 Å². The predicted molar refractivity (Wildman–Crippen MR) is 174 cm³/mol. The van der Waals surface area contributed by atoms with Gasteiger partial charge in [-0.2, -0.15) is 0 Å². The van der Waals surface area contributed by atoms with E-state index in [1.54, 1.807) is 42.6 Å². The van der Waals surface area contributed by atoms with Gasteiger partial charge in [-0.15, -0.1) is 0 Å².